The van der Waals surface area contributed by atoms with Gasteiger partial charge in [-0.3, -0.25) is 14.4 Å². The Balaban J connectivity index is 4.36. The number of carbonyl (C=O) groups is 3. The van der Waals surface area contributed by atoms with Gasteiger partial charge in [0, 0.05) is 19.3 Å². The molecule has 0 aliphatic carbocycles. The van der Waals surface area contributed by atoms with Gasteiger partial charge in [0.1, 0.15) is 13.2 Å². The second-order valence-corrected chi connectivity index (χ2v) is 18.5. The van der Waals surface area contributed by atoms with E-state index in [1.54, 1.807) is 0 Å². The van der Waals surface area contributed by atoms with Crippen molar-refractivity contribution in [1.29, 1.82) is 0 Å². The summed E-state index contributed by atoms with van der Waals surface area (Å²) in [5.74, 6) is -0.887. The molecule has 0 spiro atoms. The molecule has 0 aromatic carbocycles. The zero-order chi connectivity index (χ0) is 45.8. The van der Waals surface area contributed by atoms with Gasteiger partial charge in [-0.05, 0) is 77.0 Å². The lowest BCUT2D eigenvalue weighted by Crippen LogP contribution is -2.30. The van der Waals surface area contributed by atoms with Crippen molar-refractivity contribution in [2.45, 2.75) is 297 Å². The fourth-order valence-electron chi connectivity index (χ4n) is 7.94. The largest absolute Gasteiger partial charge is 0.462 e. The maximum atomic E-state index is 12.8. The Labute approximate surface area is 391 Å². The molecule has 63 heavy (non-hydrogen) atoms. The van der Waals surface area contributed by atoms with E-state index >= 15 is 0 Å². The highest BCUT2D eigenvalue weighted by molar-refractivity contribution is 5.71. The Bertz CT molecular complexity index is 1060. The molecule has 0 amide bonds. The Kier molecular flexibility index (Phi) is 50.3. The second-order valence-electron chi connectivity index (χ2n) is 18.5. The van der Waals surface area contributed by atoms with Crippen molar-refractivity contribution in [2.75, 3.05) is 13.2 Å². The van der Waals surface area contributed by atoms with Gasteiger partial charge in [0.2, 0.25) is 0 Å². The molecule has 1 atom stereocenters. The molecule has 0 saturated carbocycles. The summed E-state index contributed by atoms with van der Waals surface area (Å²) >= 11 is 0. The first kappa shape index (κ1) is 60.6. The van der Waals surface area contributed by atoms with E-state index < -0.39 is 6.10 Å². The minimum atomic E-state index is -0.779. The first-order chi connectivity index (χ1) is 31.0. The summed E-state index contributed by atoms with van der Waals surface area (Å²) in [4.78, 5) is 38.0. The summed E-state index contributed by atoms with van der Waals surface area (Å²) in [7, 11) is 0. The molecule has 0 N–H and O–H groups in total. The van der Waals surface area contributed by atoms with Crippen LogP contribution in [0.25, 0.3) is 0 Å². The third-order valence-corrected chi connectivity index (χ3v) is 12.1. The number of allylic oxidation sites excluding steroid dienone is 6. The van der Waals surface area contributed by atoms with Crippen molar-refractivity contribution in [3.8, 4) is 0 Å². The van der Waals surface area contributed by atoms with Gasteiger partial charge in [-0.25, -0.2) is 0 Å². The summed E-state index contributed by atoms with van der Waals surface area (Å²) in [6.45, 7) is 6.61. The van der Waals surface area contributed by atoms with Gasteiger partial charge in [0.25, 0.3) is 0 Å². The molecule has 0 radical (unpaired) electrons. The number of esters is 3. The normalized spacial score (nSPS) is 12.2. The standard InChI is InChI=1S/C57H104O6/c1-4-7-10-13-16-19-22-25-27-28-30-32-35-38-41-44-47-50-56(59)62-53-54(52-61-55(58)49-46-43-40-37-34-31-24-21-18-15-12-9-6-3)63-57(60)51-48-45-42-39-36-33-29-26-23-20-17-14-11-8-5-2/h17,20-21,24,26,29,54H,4-16,18-19,22-23,25,27-28,30-53H2,1-3H3. The highest BCUT2D eigenvalue weighted by atomic mass is 16.6. The minimum Gasteiger partial charge on any atom is -0.462 e. The van der Waals surface area contributed by atoms with Crippen molar-refractivity contribution in [3.05, 3.63) is 36.5 Å². The molecule has 0 bridgehead atoms. The van der Waals surface area contributed by atoms with Gasteiger partial charge in [-0.1, -0.05) is 231 Å². The second kappa shape index (κ2) is 52.3. The van der Waals surface area contributed by atoms with Crippen LogP contribution in [-0.4, -0.2) is 37.2 Å². The molecule has 368 valence electrons. The van der Waals surface area contributed by atoms with Crippen LogP contribution in [0.4, 0.5) is 0 Å². The molecule has 0 saturated heterocycles. The van der Waals surface area contributed by atoms with Crippen molar-refractivity contribution in [1.82, 2.24) is 0 Å². The first-order valence-electron chi connectivity index (χ1n) is 27.5. The summed E-state index contributed by atoms with van der Waals surface area (Å²) in [6, 6.07) is 0. The van der Waals surface area contributed by atoms with E-state index in [9.17, 15) is 14.4 Å². The van der Waals surface area contributed by atoms with Crippen molar-refractivity contribution in [3.63, 3.8) is 0 Å². The Hall–Kier alpha value is -2.37. The highest BCUT2D eigenvalue weighted by Crippen LogP contribution is 2.16. The summed E-state index contributed by atoms with van der Waals surface area (Å²) in [5.41, 5.74) is 0. The van der Waals surface area contributed by atoms with Gasteiger partial charge >= 0.3 is 17.9 Å². The molecule has 0 aromatic heterocycles. The highest BCUT2D eigenvalue weighted by Gasteiger charge is 2.19. The summed E-state index contributed by atoms with van der Waals surface area (Å²) in [5, 5.41) is 0. The Morgan fingerprint density at radius 2 is 0.571 bits per heavy atom. The minimum absolute atomic E-state index is 0.0772. The molecular weight excluding hydrogens is 781 g/mol. The van der Waals surface area contributed by atoms with Crippen molar-refractivity contribution < 1.29 is 28.6 Å². The molecule has 0 aliphatic heterocycles. The van der Waals surface area contributed by atoms with Gasteiger partial charge in [-0.15, -0.1) is 0 Å². The van der Waals surface area contributed by atoms with E-state index in [1.807, 2.05) is 0 Å². The Morgan fingerprint density at radius 1 is 0.317 bits per heavy atom. The molecule has 0 aromatic rings. The van der Waals surface area contributed by atoms with Crippen LogP contribution in [-0.2, 0) is 28.6 Å². The number of rotatable bonds is 50. The third kappa shape index (κ3) is 50.5. The molecule has 6 heteroatoms. The van der Waals surface area contributed by atoms with Crippen LogP contribution in [0.5, 0.6) is 0 Å². The number of ether oxygens (including phenoxy) is 3. The first-order valence-corrected chi connectivity index (χ1v) is 27.5. The van der Waals surface area contributed by atoms with Crippen LogP contribution in [0.1, 0.15) is 290 Å². The van der Waals surface area contributed by atoms with E-state index in [-0.39, 0.29) is 31.1 Å². The van der Waals surface area contributed by atoms with Crippen LogP contribution >= 0.6 is 0 Å². The van der Waals surface area contributed by atoms with E-state index in [0.717, 1.165) is 89.9 Å². The smallest absolute Gasteiger partial charge is 0.306 e. The van der Waals surface area contributed by atoms with Crippen molar-refractivity contribution >= 4 is 17.9 Å². The van der Waals surface area contributed by atoms with Crippen LogP contribution in [0.15, 0.2) is 36.5 Å². The molecule has 0 aliphatic rings. The fourth-order valence-corrected chi connectivity index (χ4v) is 7.94. The number of hydrogen-bond donors (Lipinski definition) is 0. The van der Waals surface area contributed by atoms with Gasteiger partial charge in [0.15, 0.2) is 6.10 Å². The molecular formula is C57H104O6. The number of hydrogen-bond acceptors (Lipinski definition) is 6. The van der Waals surface area contributed by atoms with Crippen LogP contribution in [0.3, 0.4) is 0 Å². The van der Waals surface area contributed by atoms with Crippen LogP contribution in [0.2, 0.25) is 0 Å². The van der Waals surface area contributed by atoms with Gasteiger partial charge in [0.05, 0.1) is 0 Å². The van der Waals surface area contributed by atoms with E-state index in [2.05, 4.69) is 57.2 Å². The molecule has 0 fully saturated rings. The average molecular weight is 885 g/mol. The Morgan fingerprint density at radius 3 is 0.937 bits per heavy atom. The topological polar surface area (TPSA) is 78.9 Å². The lowest BCUT2D eigenvalue weighted by molar-refractivity contribution is -0.167. The lowest BCUT2D eigenvalue weighted by atomic mass is 10.0. The van der Waals surface area contributed by atoms with Crippen LogP contribution < -0.4 is 0 Å². The lowest BCUT2D eigenvalue weighted by Gasteiger charge is -2.18. The third-order valence-electron chi connectivity index (χ3n) is 12.1. The quantitative estimate of drug-likeness (QED) is 0.0262. The van der Waals surface area contributed by atoms with Gasteiger partial charge in [-0.2, -0.15) is 0 Å². The SMILES string of the molecule is CCCCCC=CCC=CCCCCCCCC(=O)OC(COC(=O)CCCCCCCC=CCCCCCC)COC(=O)CCCCCCCCCCCCCCCCCCC. The zero-order valence-electron chi connectivity index (χ0n) is 42.1. The predicted molar refractivity (Wildman–Crippen MR) is 270 cm³/mol. The number of carbonyl (C=O) groups excluding carboxylic acids is 3. The molecule has 1 unspecified atom stereocenters. The van der Waals surface area contributed by atoms with Crippen LogP contribution in [0, 0.1) is 0 Å². The van der Waals surface area contributed by atoms with Gasteiger partial charge < -0.3 is 14.2 Å². The monoisotopic (exact) mass is 885 g/mol. The van der Waals surface area contributed by atoms with Crippen molar-refractivity contribution in [2.24, 2.45) is 0 Å². The fraction of sp³-hybridized carbons (Fsp3) is 0.842. The molecule has 0 heterocycles. The molecule has 6 nitrogen and oxygen atoms in total. The summed E-state index contributed by atoms with van der Waals surface area (Å²) < 4.78 is 16.8. The van der Waals surface area contributed by atoms with E-state index in [4.69, 9.17) is 14.2 Å². The number of unbranched alkanes of at least 4 members (excludes halogenated alkanes) is 33. The average Bonchev–Trinajstić information content (AvgIpc) is 3.28. The van der Waals surface area contributed by atoms with E-state index in [0.29, 0.717) is 19.3 Å². The van der Waals surface area contributed by atoms with E-state index in [1.165, 1.54) is 161 Å². The maximum Gasteiger partial charge on any atom is 0.306 e. The summed E-state index contributed by atoms with van der Waals surface area (Å²) in [6.07, 6.45) is 61.3. The zero-order valence-corrected chi connectivity index (χ0v) is 42.1. The molecule has 0 rings (SSSR count). The maximum absolute atomic E-state index is 12.8. The predicted octanol–water partition coefficient (Wildman–Crippen LogP) is 18.1.